The van der Waals surface area contributed by atoms with Crippen molar-refractivity contribution in [1.29, 1.82) is 0 Å². The molecular formula is C19H13F3N4S. The van der Waals surface area contributed by atoms with Gasteiger partial charge in [0.1, 0.15) is 6.33 Å². The van der Waals surface area contributed by atoms with Crippen molar-refractivity contribution in [2.24, 2.45) is 0 Å². The summed E-state index contributed by atoms with van der Waals surface area (Å²) in [6.45, 7) is 1.82. The summed E-state index contributed by atoms with van der Waals surface area (Å²) in [5, 5.41) is 1.97. The van der Waals surface area contributed by atoms with Crippen LogP contribution in [0.5, 0.6) is 0 Å². The van der Waals surface area contributed by atoms with Gasteiger partial charge in [-0.1, -0.05) is 18.2 Å². The molecule has 3 heterocycles. The third kappa shape index (κ3) is 3.61. The van der Waals surface area contributed by atoms with Crippen LogP contribution < -0.4 is 0 Å². The van der Waals surface area contributed by atoms with Crippen LogP contribution in [0.2, 0.25) is 0 Å². The SMILES string of the molecule is Cc1cc(-c2ccc(C(F)(F)F)cc2)nc(-n2cnc(-c3cccs3)c2)n1. The molecule has 0 spiro atoms. The van der Waals surface area contributed by atoms with Crippen LogP contribution in [-0.4, -0.2) is 19.5 Å². The van der Waals surface area contributed by atoms with Crippen LogP contribution in [0.25, 0.3) is 27.8 Å². The van der Waals surface area contributed by atoms with E-state index in [1.54, 1.807) is 28.3 Å². The summed E-state index contributed by atoms with van der Waals surface area (Å²) in [6, 6.07) is 10.6. The molecule has 4 rings (SSSR count). The Labute approximate surface area is 157 Å². The first-order chi connectivity index (χ1) is 12.9. The molecule has 0 atom stereocenters. The van der Waals surface area contributed by atoms with Crippen molar-refractivity contribution in [1.82, 2.24) is 19.5 Å². The van der Waals surface area contributed by atoms with Crippen LogP contribution >= 0.6 is 11.3 Å². The molecule has 27 heavy (non-hydrogen) atoms. The average molecular weight is 386 g/mol. The number of nitrogens with zero attached hydrogens (tertiary/aromatic N) is 4. The van der Waals surface area contributed by atoms with E-state index in [0.29, 0.717) is 22.9 Å². The molecule has 0 radical (unpaired) electrons. The van der Waals surface area contributed by atoms with Crippen molar-refractivity contribution >= 4 is 11.3 Å². The standard InChI is InChI=1S/C19H13F3N4S/c1-12-9-15(13-4-6-14(7-5-13)19(20,21)22)25-18(24-12)26-10-16(23-11-26)17-3-2-8-27-17/h2-11H,1H3. The molecule has 0 N–H and O–H groups in total. The maximum absolute atomic E-state index is 12.8. The Morgan fingerprint density at radius 1 is 1.00 bits per heavy atom. The number of aromatic nitrogens is 4. The van der Waals surface area contributed by atoms with Gasteiger partial charge in [0, 0.05) is 17.5 Å². The molecular weight excluding hydrogens is 373 g/mol. The lowest BCUT2D eigenvalue weighted by atomic mass is 10.1. The number of halogens is 3. The number of thiophene rings is 1. The van der Waals surface area contributed by atoms with Crippen molar-refractivity contribution in [3.63, 3.8) is 0 Å². The summed E-state index contributed by atoms with van der Waals surface area (Å²) >= 11 is 1.58. The van der Waals surface area contributed by atoms with Gasteiger partial charge in [-0.2, -0.15) is 13.2 Å². The van der Waals surface area contributed by atoms with Crippen molar-refractivity contribution in [3.05, 3.63) is 71.6 Å². The minimum atomic E-state index is -4.36. The van der Waals surface area contributed by atoms with Gasteiger partial charge in [0.2, 0.25) is 5.95 Å². The predicted molar refractivity (Wildman–Crippen MR) is 97.6 cm³/mol. The summed E-state index contributed by atoms with van der Waals surface area (Å²) in [4.78, 5) is 14.3. The molecule has 4 aromatic rings. The number of imidazole rings is 1. The van der Waals surface area contributed by atoms with Gasteiger partial charge in [0.05, 0.1) is 21.8 Å². The van der Waals surface area contributed by atoms with Gasteiger partial charge >= 0.3 is 6.18 Å². The molecule has 0 saturated heterocycles. The number of benzene rings is 1. The summed E-state index contributed by atoms with van der Waals surface area (Å²) in [5.74, 6) is 0.417. The number of hydrogen-bond acceptors (Lipinski definition) is 4. The lowest BCUT2D eigenvalue weighted by Gasteiger charge is -2.09. The number of rotatable bonds is 3. The minimum absolute atomic E-state index is 0.417. The Morgan fingerprint density at radius 2 is 1.78 bits per heavy atom. The topological polar surface area (TPSA) is 43.6 Å². The van der Waals surface area contributed by atoms with E-state index in [1.807, 2.05) is 30.6 Å². The first-order valence-corrected chi connectivity index (χ1v) is 8.90. The third-order valence-corrected chi connectivity index (χ3v) is 4.83. The average Bonchev–Trinajstić information content (AvgIpc) is 3.32. The predicted octanol–water partition coefficient (Wildman–Crippen LogP) is 5.39. The van der Waals surface area contributed by atoms with E-state index in [1.165, 1.54) is 12.1 Å². The van der Waals surface area contributed by atoms with Crippen LogP contribution in [0, 0.1) is 6.92 Å². The highest BCUT2D eigenvalue weighted by molar-refractivity contribution is 7.13. The molecule has 0 amide bonds. The fourth-order valence-corrected chi connectivity index (χ4v) is 3.32. The van der Waals surface area contributed by atoms with Gasteiger partial charge in [-0.15, -0.1) is 11.3 Å². The van der Waals surface area contributed by atoms with E-state index < -0.39 is 11.7 Å². The monoisotopic (exact) mass is 386 g/mol. The maximum Gasteiger partial charge on any atom is 0.416 e. The second kappa shape index (κ2) is 6.62. The molecule has 136 valence electrons. The van der Waals surface area contributed by atoms with Gasteiger partial charge in [-0.05, 0) is 36.6 Å². The summed E-state index contributed by atoms with van der Waals surface area (Å²) < 4.78 is 40.0. The Balaban J connectivity index is 1.70. The maximum atomic E-state index is 12.8. The van der Waals surface area contributed by atoms with Crippen LogP contribution in [0.3, 0.4) is 0 Å². The highest BCUT2D eigenvalue weighted by Crippen LogP contribution is 2.31. The van der Waals surface area contributed by atoms with Crippen molar-refractivity contribution in [3.8, 4) is 27.8 Å². The number of hydrogen-bond donors (Lipinski definition) is 0. The molecule has 0 aliphatic rings. The largest absolute Gasteiger partial charge is 0.416 e. The van der Waals surface area contributed by atoms with E-state index in [2.05, 4.69) is 15.0 Å². The Kier molecular flexibility index (Phi) is 4.27. The highest BCUT2D eigenvalue weighted by Gasteiger charge is 2.30. The van der Waals surface area contributed by atoms with E-state index in [9.17, 15) is 13.2 Å². The summed E-state index contributed by atoms with van der Waals surface area (Å²) in [7, 11) is 0. The Bertz CT molecular complexity index is 1070. The molecule has 1 aromatic carbocycles. The van der Waals surface area contributed by atoms with Gasteiger partial charge in [0.25, 0.3) is 0 Å². The smallest absolute Gasteiger partial charge is 0.274 e. The van der Waals surface area contributed by atoms with Gasteiger partial charge in [0.15, 0.2) is 0 Å². The fourth-order valence-electron chi connectivity index (χ4n) is 2.63. The normalized spacial score (nSPS) is 11.7. The van der Waals surface area contributed by atoms with Crippen molar-refractivity contribution < 1.29 is 13.2 Å². The number of aryl methyl sites for hydroxylation is 1. The molecule has 0 saturated carbocycles. The second-order valence-electron chi connectivity index (χ2n) is 5.91. The second-order valence-corrected chi connectivity index (χ2v) is 6.86. The third-order valence-electron chi connectivity index (χ3n) is 3.94. The van der Waals surface area contributed by atoms with Crippen LogP contribution in [0.1, 0.15) is 11.3 Å². The van der Waals surface area contributed by atoms with E-state index in [0.717, 1.165) is 22.7 Å². The summed E-state index contributed by atoms with van der Waals surface area (Å²) in [5.41, 5.74) is 1.98. The van der Waals surface area contributed by atoms with E-state index >= 15 is 0 Å². The van der Waals surface area contributed by atoms with E-state index in [4.69, 9.17) is 0 Å². The quantitative estimate of drug-likeness (QED) is 0.474. The zero-order valence-corrected chi connectivity index (χ0v) is 14.9. The molecule has 3 aromatic heterocycles. The molecule has 8 heteroatoms. The lowest BCUT2D eigenvalue weighted by molar-refractivity contribution is -0.137. The first kappa shape index (κ1) is 17.4. The van der Waals surface area contributed by atoms with Crippen molar-refractivity contribution in [2.45, 2.75) is 13.1 Å². The van der Waals surface area contributed by atoms with Crippen LogP contribution in [-0.2, 0) is 6.18 Å². The zero-order valence-electron chi connectivity index (χ0n) is 14.1. The molecule has 0 bridgehead atoms. The van der Waals surface area contributed by atoms with Gasteiger partial charge < -0.3 is 0 Å². The highest BCUT2D eigenvalue weighted by atomic mass is 32.1. The molecule has 0 aliphatic heterocycles. The number of alkyl halides is 3. The Morgan fingerprint density at radius 3 is 2.44 bits per heavy atom. The minimum Gasteiger partial charge on any atom is -0.274 e. The Hall–Kier alpha value is -3.00. The van der Waals surface area contributed by atoms with Crippen LogP contribution in [0.15, 0.2) is 60.4 Å². The molecule has 0 fully saturated rings. The molecule has 0 aliphatic carbocycles. The fraction of sp³-hybridized carbons (Fsp3) is 0.105. The zero-order chi connectivity index (χ0) is 19.0. The lowest BCUT2D eigenvalue weighted by Crippen LogP contribution is -2.05. The summed E-state index contributed by atoms with van der Waals surface area (Å²) in [6.07, 6.45) is -0.905. The van der Waals surface area contributed by atoms with Crippen molar-refractivity contribution in [2.75, 3.05) is 0 Å². The van der Waals surface area contributed by atoms with Gasteiger partial charge in [-0.3, -0.25) is 4.57 Å². The first-order valence-electron chi connectivity index (χ1n) is 8.02. The van der Waals surface area contributed by atoms with Crippen LogP contribution in [0.4, 0.5) is 13.2 Å². The molecule has 4 nitrogen and oxygen atoms in total. The van der Waals surface area contributed by atoms with E-state index in [-0.39, 0.29) is 0 Å². The van der Waals surface area contributed by atoms with Gasteiger partial charge in [-0.25, -0.2) is 15.0 Å². The molecule has 0 unspecified atom stereocenters.